The van der Waals surface area contributed by atoms with Gasteiger partial charge in [0.1, 0.15) is 12.4 Å². The number of nitro groups is 1. The fourth-order valence-corrected chi connectivity index (χ4v) is 2.79. The van der Waals surface area contributed by atoms with Gasteiger partial charge in [0.15, 0.2) is 0 Å². The number of aromatic nitrogens is 2. The van der Waals surface area contributed by atoms with Gasteiger partial charge in [-0.15, -0.1) is 5.10 Å². The van der Waals surface area contributed by atoms with Crippen LogP contribution in [-0.4, -0.2) is 15.1 Å². The number of nitrogen functional groups attached to an aromatic ring is 1. The van der Waals surface area contributed by atoms with E-state index in [9.17, 15) is 10.1 Å². The highest BCUT2D eigenvalue weighted by atomic mass is 127. The van der Waals surface area contributed by atoms with Crippen molar-refractivity contribution in [3.63, 3.8) is 0 Å². The maximum absolute atomic E-state index is 10.7. The summed E-state index contributed by atoms with van der Waals surface area (Å²) in [6.45, 7) is 0.324. The van der Waals surface area contributed by atoms with Crippen LogP contribution in [0, 0.1) is 13.7 Å². The van der Waals surface area contributed by atoms with Crippen LogP contribution in [0.15, 0.2) is 46.9 Å². The molecule has 132 valence electrons. The lowest BCUT2D eigenvalue weighted by Crippen LogP contribution is -1.97. The molecule has 0 bridgehead atoms. The van der Waals surface area contributed by atoms with Crippen molar-refractivity contribution in [3.05, 3.63) is 73.2 Å². The number of halogens is 1. The highest BCUT2D eigenvalue weighted by molar-refractivity contribution is 14.1. The average Bonchev–Trinajstić information content (AvgIpc) is 3.05. The molecule has 3 aromatic rings. The maximum atomic E-state index is 10.7. The summed E-state index contributed by atoms with van der Waals surface area (Å²) in [6.07, 6.45) is 3.50. The van der Waals surface area contributed by atoms with Gasteiger partial charge in [0.05, 0.1) is 8.49 Å². The third kappa shape index (κ3) is 4.57. The SMILES string of the molecule is Nc1nnc(/C=C/c2ccc(OCc3ccc([N+](=O)[O-])cc3)c(I)c2)o1. The fourth-order valence-electron chi connectivity index (χ4n) is 2.09. The summed E-state index contributed by atoms with van der Waals surface area (Å²) in [5.74, 6) is 1.05. The van der Waals surface area contributed by atoms with Gasteiger partial charge < -0.3 is 14.9 Å². The first-order valence-electron chi connectivity index (χ1n) is 7.44. The van der Waals surface area contributed by atoms with Gasteiger partial charge in [0, 0.05) is 18.2 Å². The number of benzene rings is 2. The summed E-state index contributed by atoms with van der Waals surface area (Å²) >= 11 is 2.18. The average molecular weight is 464 g/mol. The molecule has 1 heterocycles. The number of nitrogens with two attached hydrogens (primary N) is 1. The highest BCUT2D eigenvalue weighted by Gasteiger charge is 2.06. The molecule has 0 saturated heterocycles. The Morgan fingerprint density at radius 2 is 1.96 bits per heavy atom. The Hall–Kier alpha value is -2.95. The van der Waals surface area contributed by atoms with E-state index in [1.54, 1.807) is 18.2 Å². The second-order valence-electron chi connectivity index (χ2n) is 5.21. The molecule has 0 aliphatic rings. The van der Waals surface area contributed by atoms with Crippen molar-refractivity contribution >= 4 is 46.4 Å². The van der Waals surface area contributed by atoms with Crippen LogP contribution in [0.4, 0.5) is 11.7 Å². The van der Waals surface area contributed by atoms with Crippen molar-refractivity contribution in [2.24, 2.45) is 0 Å². The Morgan fingerprint density at radius 1 is 1.19 bits per heavy atom. The van der Waals surface area contributed by atoms with E-state index >= 15 is 0 Å². The molecule has 0 aliphatic carbocycles. The van der Waals surface area contributed by atoms with E-state index < -0.39 is 4.92 Å². The summed E-state index contributed by atoms with van der Waals surface area (Å²) in [5.41, 5.74) is 7.22. The number of nitro benzene ring substituents is 1. The first-order chi connectivity index (χ1) is 12.5. The fraction of sp³-hybridized carbons (Fsp3) is 0.0588. The highest BCUT2D eigenvalue weighted by Crippen LogP contribution is 2.24. The number of non-ortho nitro benzene ring substituents is 1. The van der Waals surface area contributed by atoms with Crippen molar-refractivity contribution in [2.45, 2.75) is 6.61 Å². The third-order valence-corrected chi connectivity index (χ3v) is 4.22. The van der Waals surface area contributed by atoms with E-state index in [2.05, 4.69) is 32.8 Å². The lowest BCUT2D eigenvalue weighted by molar-refractivity contribution is -0.384. The molecule has 0 aliphatic heterocycles. The number of anilines is 1. The minimum absolute atomic E-state index is 0.0224. The van der Waals surface area contributed by atoms with Crippen LogP contribution in [0.5, 0.6) is 5.75 Å². The largest absolute Gasteiger partial charge is 0.488 e. The quantitative estimate of drug-likeness (QED) is 0.334. The Kier molecular flexibility index (Phi) is 5.46. The molecule has 0 fully saturated rings. The molecule has 0 radical (unpaired) electrons. The molecular formula is C17H13IN4O4. The zero-order valence-corrected chi connectivity index (χ0v) is 15.5. The predicted octanol–water partition coefficient (Wildman–Crippen LogP) is 3.91. The van der Waals surface area contributed by atoms with Crippen molar-refractivity contribution in [1.29, 1.82) is 0 Å². The van der Waals surface area contributed by atoms with Gasteiger partial charge in [-0.25, -0.2) is 0 Å². The maximum Gasteiger partial charge on any atom is 0.313 e. The van der Waals surface area contributed by atoms with Crippen LogP contribution in [0.2, 0.25) is 0 Å². The number of hydrogen-bond acceptors (Lipinski definition) is 7. The number of ether oxygens (including phenoxy) is 1. The van der Waals surface area contributed by atoms with Gasteiger partial charge in [-0.2, -0.15) is 0 Å². The normalized spacial score (nSPS) is 11.0. The molecule has 2 aromatic carbocycles. The topological polar surface area (TPSA) is 117 Å². The number of hydrogen-bond donors (Lipinski definition) is 1. The van der Waals surface area contributed by atoms with Gasteiger partial charge in [0.2, 0.25) is 5.89 Å². The van der Waals surface area contributed by atoms with Gasteiger partial charge in [-0.1, -0.05) is 11.2 Å². The molecule has 3 rings (SSSR count). The lowest BCUT2D eigenvalue weighted by atomic mass is 10.2. The molecule has 9 heteroatoms. The molecule has 1 aromatic heterocycles. The molecule has 0 unspecified atom stereocenters. The standard InChI is InChI=1S/C17H13IN4O4/c18-14-9-11(4-8-16-20-21-17(19)26-16)3-7-15(14)25-10-12-1-5-13(6-2-12)22(23)24/h1-9H,10H2,(H2,19,21)/b8-4+. The first kappa shape index (κ1) is 17.9. The van der Waals surface area contributed by atoms with E-state index in [4.69, 9.17) is 14.9 Å². The Bertz CT molecular complexity index is 954. The summed E-state index contributed by atoms with van der Waals surface area (Å²) in [4.78, 5) is 10.2. The van der Waals surface area contributed by atoms with Crippen LogP contribution < -0.4 is 10.5 Å². The van der Waals surface area contributed by atoms with Gasteiger partial charge in [0.25, 0.3) is 5.69 Å². The molecule has 26 heavy (non-hydrogen) atoms. The van der Waals surface area contributed by atoms with Gasteiger partial charge in [-0.3, -0.25) is 10.1 Å². The number of nitrogens with zero attached hydrogens (tertiary/aromatic N) is 3. The Morgan fingerprint density at radius 3 is 2.58 bits per heavy atom. The Labute approximate surface area is 162 Å². The third-order valence-electron chi connectivity index (χ3n) is 3.37. The lowest BCUT2D eigenvalue weighted by Gasteiger charge is -2.09. The van der Waals surface area contributed by atoms with Crippen LogP contribution in [-0.2, 0) is 6.61 Å². The van der Waals surface area contributed by atoms with Crippen LogP contribution in [0.25, 0.3) is 12.2 Å². The van der Waals surface area contributed by atoms with Crippen molar-refractivity contribution in [1.82, 2.24) is 10.2 Å². The van der Waals surface area contributed by atoms with E-state index in [-0.39, 0.29) is 11.7 Å². The van der Waals surface area contributed by atoms with E-state index in [1.807, 2.05) is 24.3 Å². The molecular weight excluding hydrogens is 451 g/mol. The monoisotopic (exact) mass is 464 g/mol. The minimum Gasteiger partial charge on any atom is -0.488 e. The second kappa shape index (κ2) is 7.95. The summed E-state index contributed by atoms with van der Waals surface area (Å²) in [6, 6.07) is 12.0. The van der Waals surface area contributed by atoms with Crippen molar-refractivity contribution < 1.29 is 14.1 Å². The van der Waals surface area contributed by atoms with E-state index in [1.165, 1.54) is 12.1 Å². The summed E-state index contributed by atoms with van der Waals surface area (Å²) in [5, 5.41) is 18.0. The zero-order chi connectivity index (χ0) is 18.5. The molecule has 8 nitrogen and oxygen atoms in total. The predicted molar refractivity (Wildman–Crippen MR) is 104 cm³/mol. The zero-order valence-electron chi connectivity index (χ0n) is 13.3. The molecule has 0 saturated carbocycles. The van der Waals surface area contributed by atoms with E-state index in [0.717, 1.165) is 20.4 Å². The second-order valence-corrected chi connectivity index (χ2v) is 6.38. The summed E-state index contributed by atoms with van der Waals surface area (Å²) < 4.78 is 11.8. The van der Waals surface area contributed by atoms with Crippen molar-refractivity contribution in [2.75, 3.05) is 5.73 Å². The Balaban J connectivity index is 1.64. The molecule has 2 N–H and O–H groups in total. The van der Waals surface area contributed by atoms with Gasteiger partial charge in [-0.05, 0) is 64.1 Å². The smallest absolute Gasteiger partial charge is 0.313 e. The summed E-state index contributed by atoms with van der Waals surface area (Å²) in [7, 11) is 0. The molecule has 0 spiro atoms. The minimum atomic E-state index is -0.428. The first-order valence-corrected chi connectivity index (χ1v) is 8.52. The number of rotatable bonds is 6. The van der Waals surface area contributed by atoms with Crippen LogP contribution in [0.3, 0.4) is 0 Å². The molecule has 0 amide bonds. The van der Waals surface area contributed by atoms with Gasteiger partial charge >= 0.3 is 6.01 Å². The molecule has 0 atom stereocenters. The van der Waals surface area contributed by atoms with Crippen LogP contribution >= 0.6 is 22.6 Å². The van der Waals surface area contributed by atoms with Crippen molar-refractivity contribution in [3.8, 4) is 5.75 Å². The van der Waals surface area contributed by atoms with E-state index in [0.29, 0.717) is 12.5 Å². The van der Waals surface area contributed by atoms with Crippen LogP contribution in [0.1, 0.15) is 17.0 Å².